The highest BCUT2D eigenvalue weighted by molar-refractivity contribution is 4.76. The van der Waals surface area contributed by atoms with E-state index < -0.39 is 0 Å². The minimum atomic E-state index is 0.950. The Labute approximate surface area is 104 Å². The van der Waals surface area contributed by atoms with E-state index >= 15 is 0 Å². The predicted molar refractivity (Wildman–Crippen MR) is 75.6 cm³/mol. The Bertz CT molecular complexity index is 126. The van der Waals surface area contributed by atoms with Crippen LogP contribution in [0.4, 0.5) is 0 Å². The lowest BCUT2D eigenvalue weighted by Crippen LogP contribution is -1.96. The average molecular weight is 225 g/mol. The van der Waals surface area contributed by atoms with Gasteiger partial charge in [-0.05, 0) is 18.3 Å². The molecule has 0 heterocycles. The van der Waals surface area contributed by atoms with Crippen LogP contribution in [0.3, 0.4) is 0 Å². The summed E-state index contributed by atoms with van der Waals surface area (Å²) in [5, 5.41) is 0. The van der Waals surface area contributed by atoms with E-state index in [-0.39, 0.29) is 0 Å². The Morgan fingerprint density at radius 3 is 2.00 bits per heavy atom. The van der Waals surface area contributed by atoms with Crippen LogP contribution in [0.5, 0.6) is 0 Å². The van der Waals surface area contributed by atoms with E-state index in [1.165, 1.54) is 64.2 Å². The van der Waals surface area contributed by atoms with Gasteiger partial charge in [-0.3, -0.25) is 0 Å². The van der Waals surface area contributed by atoms with Gasteiger partial charge in [-0.25, -0.2) is 0 Å². The molecule has 1 atom stereocenters. The Balaban J connectivity index is 3.14. The summed E-state index contributed by atoms with van der Waals surface area (Å²) in [5.41, 5.74) is 0. The molecule has 1 radical (unpaired) electrons. The first kappa shape index (κ1) is 16.0. The van der Waals surface area contributed by atoms with Crippen molar-refractivity contribution < 1.29 is 0 Å². The summed E-state index contributed by atoms with van der Waals surface area (Å²) in [6, 6.07) is 0. The summed E-state index contributed by atoms with van der Waals surface area (Å²) in [6.07, 6.45) is 14.2. The van der Waals surface area contributed by atoms with Crippen molar-refractivity contribution >= 4 is 0 Å². The van der Waals surface area contributed by atoms with Crippen LogP contribution in [0.2, 0.25) is 0 Å². The first-order valence-corrected chi connectivity index (χ1v) is 7.45. The largest absolute Gasteiger partial charge is 0.0654 e. The van der Waals surface area contributed by atoms with Gasteiger partial charge in [0.1, 0.15) is 0 Å². The van der Waals surface area contributed by atoms with Crippen molar-refractivity contribution in [1.82, 2.24) is 0 Å². The quantitative estimate of drug-likeness (QED) is 0.369. The molecule has 0 aromatic carbocycles. The minimum absolute atomic E-state index is 0.950. The van der Waals surface area contributed by atoms with Gasteiger partial charge < -0.3 is 0 Å². The summed E-state index contributed by atoms with van der Waals surface area (Å²) in [4.78, 5) is 0. The van der Waals surface area contributed by atoms with Crippen LogP contribution in [-0.4, -0.2) is 0 Å². The smallest absolute Gasteiger partial charge is 0.0303 e. The van der Waals surface area contributed by atoms with Crippen molar-refractivity contribution in [3.8, 4) is 0 Å². The standard InChI is InChI=1S/C16H33/c1-5-6-7-8-9-10-13-16(4)14-11-12-15(2)3/h16H,5-14H2,1-4H3. The van der Waals surface area contributed by atoms with Crippen molar-refractivity contribution in [2.24, 2.45) is 5.92 Å². The maximum absolute atomic E-state index is 2.43. The monoisotopic (exact) mass is 225 g/mol. The first-order valence-electron chi connectivity index (χ1n) is 7.45. The SMILES string of the molecule is CCCCCCCCC(C)CCC[C](C)C. The lowest BCUT2D eigenvalue weighted by atomic mass is 9.95. The Kier molecular flexibility index (Phi) is 11.5. The van der Waals surface area contributed by atoms with Crippen LogP contribution in [0.15, 0.2) is 0 Å². The number of unbranched alkanes of at least 4 members (excludes halogenated alkanes) is 5. The second kappa shape index (κ2) is 11.5. The van der Waals surface area contributed by atoms with Crippen molar-refractivity contribution in [1.29, 1.82) is 0 Å². The molecule has 1 unspecified atom stereocenters. The topological polar surface area (TPSA) is 0 Å². The zero-order valence-corrected chi connectivity index (χ0v) is 12.1. The lowest BCUT2D eigenvalue weighted by Gasteiger charge is -2.11. The molecule has 0 rings (SSSR count). The second-order valence-corrected chi connectivity index (χ2v) is 5.76. The van der Waals surface area contributed by atoms with E-state index in [2.05, 4.69) is 27.7 Å². The zero-order valence-electron chi connectivity index (χ0n) is 12.1. The molecule has 0 N–H and O–H groups in total. The fraction of sp³-hybridized carbons (Fsp3) is 0.938. The number of hydrogen-bond donors (Lipinski definition) is 0. The zero-order chi connectivity index (χ0) is 12.2. The van der Waals surface area contributed by atoms with Gasteiger partial charge in [-0.15, -0.1) is 0 Å². The molecule has 0 spiro atoms. The third-order valence-corrected chi connectivity index (χ3v) is 3.42. The first-order chi connectivity index (χ1) is 7.66. The Morgan fingerprint density at radius 2 is 1.38 bits per heavy atom. The summed E-state index contributed by atoms with van der Waals surface area (Å²) < 4.78 is 0. The van der Waals surface area contributed by atoms with E-state index in [1.54, 1.807) is 5.92 Å². The van der Waals surface area contributed by atoms with Crippen molar-refractivity contribution in [2.75, 3.05) is 0 Å². The Morgan fingerprint density at radius 1 is 0.812 bits per heavy atom. The van der Waals surface area contributed by atoms with E-state index in [0.29, 0.717) is 0 Å². The van der Waals surface area contributed by atoms with E-state index in [9.17, 15) is 0 Å². The minimum Gasteiger partial charge on any atom is -0.0654 e. The summed E-state index contributed by atoms with van der Waals surface area (Å²) in [7, 11) is 0. The maximum Gasteiger partial charge on any atom is -0.0303 e. The van der Waals surface area contributed by atoms with Gasteiger partial charge in [0, 0.05) is 0 Å². The molecule has 0 fully saturated rings. The van der Waals surface area contributed by atoms with Crippen molar-refractivity contribution in [3.05, 3.63) is 5.92 Å². The number of rotatable bonds is 11. The van der Waals surface area contributed by atoms with Gasteiger partial charge in [0.25, 0.3) is 0 Å². The Hall–Kier alpha value is 0. The van der Waals surface area contributed by atoms with Crippen LogP contribution in [0.1, 0.15) is 91.9 Å². The van der Waals surface area contributed by atoms with E-state index in [4.69, 9.17) is 0 Å². The highest BCUT2D eigenvalue weighted by Gasteiger charge is 2.03. The van der Waals surface area contributed by atoms with E-state index in [0.717, 1.165) is 5.92 Å². The summed E-state index contributed by atoms with van der Waals surface area (Å²) in [6.45, 7) is 9.21. The van der Waals surface area contributed by atoms with Gasteiger partial charge in [0.2, 0.25) is 0 Å². The third-order valence-electron chi connectivity index (χ3n) is 3.42. The third kappa shape index (κ3) is 12.1. The normalized spacial score (nSPS) is 13.3. The molecular weight excluding hydrogens is 192 g/mol. The predicted octanol–water partition coefficient (Wildman–Crippen LogP) is 6.16. The fourth-order valence-electron chi connectivity index (χ4n) is 2.22. The van der Waals surface area contributed by atoms with Gasteiger partial charge in [-0.1, -0.05) is 85.5 Å². The van der Waals surface area contributed by atoms with Gasteiger partial charge in [0.05, 0.1) is 0 Å². The fourth-order valence-corrected chi connectivity index (χ4v) is 2.22. The van der Waals surface area contributed by atoms with Gasteiger partial charge in [-0.2, -0.15) is 0 Å². The molecule has 97 valence electrons. The van der Waals surface area contributed by atoms with Crippen LogP contribution in [0.25, 0.3) is 0 Å². The number of hydrogen-bond acceptors (Lipinski definition) is 0. The molecular formula is C16H33. The molecule has 0 nitrogen and oxygen atoms in total. The average Bonchev–Trinajstić information content (AvgIpc) is 2.22. The van der Waals surface area contributed by atoms with Crippen LogP contribution < -0.4 is 0 Å². The molecule has 0 aliphatic rings. The molecule has 16 heavy (non-hydrogen) atoms. The molecule has 0 bridgehead atoms. The highest BCUT2D eigenvalue weighted by atomic mass is 14.1. The van der Waals surface area contributed by atoms with Crippen LogP contribution in [0, 0.1) is 11.8 Å². The van der Waals surface area contributed by atoms with Crippen LogP contribution >= 0.6 is 0 Å². The lowest BCUT2D eigenvalue weighted by molar-refractivity contribution is 0.440. The molecule has 0 saturated heterocycles. The second-order valence-electron chi connectivity index (χ2n) is 5.76. The maximum atomic E-state index is 2.43. The molecule has 0 aromatic rings. The summed E-state index contributed by atoms with van der Waals surface area (Å²) in [5.74, 6) is 2.54. The molecule has 0 aromatic heterocycles. The molecule has 0 heteroatoms. The van der Waals surface area contributed by atoms with Gasteiger partial charge in [0.15, 0.2) is 0 Å². The van der Waals surface area contributed by atoms with Crippen molar-refractivity contribution in [3.63, 3.8) is 0 Å². The highest BCUT2D eigenvalue weighted by Crippen LogP contribution is 2.19. The molecule has 0 aliphatic heterocycles. The molecule has 0 aliphatic carbocycles. The summed E-state index contributed by atoms with van der Waals surface area (Å²) >= 11 is 0. The molecule has 0 amide bonds. The van der Waals surface area contributed by atoms with Crippen molar-refractivity contribution in [2.45, 2.75) is 91.9 Å². The van der Waals surface area contributed by atoms with Crippen LogP contribution in [-0.2, 0) is 0 Å². The molecule has 0 saturated carbocycles. The van der Waals surface area contributed by atoms with Gasteiger partial charge >= 0.3 is 0 Å². The van der Waals surface area contributed by atoms with E-state index in [1.807, 2.05) is 0 Å².